The van der Waals surface area contributed by atoms with Gasteiger partial charge in [0.2, 0.25) is 11.8 Å². The van der Waals surface area contributed by atoms with Crippen molar-refractivity contribution in [2.24, 2.45) is 0 Å². The van der Waals surface area contributed by atoms with Gasteiger partial charge in [-0.2, -0.15) is 0 Å². The summed E-state index contributed by atoms with van der Waals surface area (Å²) in [4.78, 5) is 33.6. The summed E-state index contributed by atoms with van der Waals surface area (Å²) in [5, 5.41) is 2.27. The Morgan fingerprint density at radius 3 is 2.04 bits per heavy atom. The average Bonchev–Trinajstić information content (AvgIpc) is 2.52. The van der Waals surface area contributed by atoms with Gasteiger partial charge in [-0.3, -0.25) is 19.7 Å². The van der Waals surface area contributed by atoms with E-state index in [1.807, 2.05) is 6.08 Å². The van der Waals surface area contributed by atoms with Crippen molar-refractivity contribution in [2.45, 2.75) is 97.3 Å². The highest BCUT2D eigenvalue weighted by atomic mass is 16.2. The molecule has 0 bridgehead atoms. The second-order valence-electron chi connectivity index (χ2n) is 6.44. The van der Waals surface area contributed by atoms with Gasteiger partial charge < -0.3 is 0 Å². The molecule has 4 heteroatoms. The summed E-state index contributed by atoms with van der Waals surface area (Å²) < 4.78 is 0. The van der Waals surface area contributed by atoms with E-state index in [0.717, 1.165) is 38.5 Å². The Morgan fingerprint density at radius 1 is 0.792 bits per heavy atom. The lowest BCUT2D eigenvalue weighted by Crippen LogP contribution is -2.27. The predicted molar refractivity (Wildman–Crippen MR) is 98.7 cm³/mol. The number of rotatable bonds is 15. The van der Waals surface area contributed by atoms with Gasteiger partial charge in [-0.25, -0.2) is 0 Å². The fourth-order valence-corrected chi connectivity index (χ4v) is 2.54. The van der Waals surface area contributed by atoms with E-state index < -0.39 is 0 Å². The van der Waals surface area contributed by atoms with E-state index in [4.69, 9.17) is 0 Å². The third-order valence-electron chi connectivity index (χ3n) is 3.92. The molecule has 0 unspecified atom stereocenters. The number of nitrogens with one attached hydrogen (secondary N) is 1. The van der Waals surface area contributed by atoms with Gasteiger partial charge in [-0.1, -0.05) is 57.9 Å². The monoisotopic (exact) mass is 337 g/mol. The highest BCUT2D eigenvalue weighted by Gasteiger charge is 2.03. The molecule has 4 nitrogen and oxygen atoms in total. The summed E-state index contributed by atoms with van der Waals surface area (Å²) in [7, 11) is 0. The summed E-state index contributed by atoms with van der Waals surface area (Å²) in [5.41, 5.74) is 0. The quantitative estimate of drug-likeness (QED) is 0.343. The molecule has 0 heterocycles. The summed E-state index contributed by atoms with van der Waals surface area (Å²) in [6.07, 6.45) is 16.8. The number of ketones is 1. The van der Waals surface area contributed by atoms with E-state index in [9.17, 15) is 14.4 Å². The molecule has 0 spiro atoms. The number of hydrogen-bond donors (Lipinski definition) is 1. The summed E-state index contributed by atoms with van der Waals surface area (Å²) in [6, 6.07) is 0. The molecule has 0 aromatic carbocycles. The maximum atomic E-state index is 11.7. The largest absolute Gasteiger partial charge is 0.297 e. The Labute approximate surface area is 147 Å². The summed E-state index contributed by atoms with van der Waals surface area (Å²) in [6.45, 7) is 3.56. The van der Waals surface area contributed by atoms with Crippen LogP contribution in [0.1, 0.15) is 97.3 Å². The maximum Gasteiger partial charge on any atom is 0.226 e. The first-order chi connectivity index (χ1) is 11.6. The van der Waals surface area contributed by atoms with Crippen molar-refractivity contribution in [2.75, 3.05) is 0 Å². The fourth-order valence-electron chi connectivity index (χ4n) is 2.54. The van der Waals surface area contributed by atoms with Gasteiger partial charge in [0.15, 0.2) is 5.78 Å². The van der Waals surface area contributed by atoms with Gasteiger partial charge >= 0.3 is 0 Å². The summed E-state index contributed by atoms with van der Waals surface area (Å²) >= 11 is 0. The van der Waals surface area contributed by atoms with Crippen molar-refractivity contribution in [3.8, 4) is 0 Å². The number of allylic oxidation sites excluding steroid dienone is 2. The van der Waals surface area contributed by atoms with Gasteiger partial charge in [0.1, 0.15) is 0 Å². The zero-order valence-corrected chi connectivity index (χ0v) is 15.6. The molecule has 0 saturated carbocycles. The SMILES string of the molecule is CCCCCCC/C=C/C(=O)CCCCCCCC(=O)NC(C)=O. The van der Waals surface area contributed by atoms with E-state index in [-0.39, 0.29) is 17.6 Å². The molecular weight excluding hydrogens is 302 g/mol. The van der Waals surface area contributed by atoms with E-state index in [1.165, 1.54) is 39.0 Å². The molecule has 0 atom stereocenters. The normalized spacial score (nSPS) is 10.9. The molecule has 0 aromatic heterocycles. The summed E-state index contributed by atoms with van der Waals surface area (Å²) in [5.74, 6) is -0.269. The highest BCUT2D eigenvalue weighted by Crippen LogP contribution is 2.09. The van der Waals surface area contributed by atoms with Crippen LogP contribution < -0.4 is 5.32 Å². The van der Waals surface area contributed by atoms with Crippen LogP contribution in [0.3, 0.4) is 0 Å². The first kappa shape index (κ1) is 22.6. The van der Waals surface area contributed by atoms with Crippen LogP contribution in [0.15, 0.2) is 12.2 Å². The van der Waals surface area contributed by atoms with Gasteiger partial charge in [0, 0.05) is 19.8 Å². The van der Waals surface area contributed by atoms with Crippen molar-refractivity contribution >= 4 is 17.6 Å². The van der Waals surface area contributed by atoms with Gasteiger partial charge in [-0.05, 0) is 31.8 Å². The number of hydrogen-bond acceptors (Lipinski definition) is 3. The van der Waals surface area contributed by atoms with Crippen LogP contribution in [0.5, 0.6) is 0 Å². The van der Waals surface area contributed by atoms with Crippen molar-refractivity contribution in [1.82, 2.24) is 5.32 Å². The highest BCUT2D eigenvalue weighted by molar-refractivity contribution is 5.93. The van der Waals surface area contributed by atoms with E-state index >= 15 is 0 Å². The number of imide groups is 1. The molecule has 0 rings (SSSR count). The van der Waals surface area contributed by atoms with E-state index in [1.54, 1.807) is 6.08 Å². The zero-order chi connectivity index (χ0) is 18.0. The molecule has 0 aliphatic rings. The fraction of sp³-hybridized carbons (Fsp3) is 0.750. The van der Waals surface area contributed by atoms with Gasteiger partial charge in [0.25, 0.3) is 0 Å². The Morgan fingerprint density at radius 2 is 1.38 bits per heavy atom. The Hall–Kier alpha value is -1.45. The van der Waals surface area contributed by atoms with Crippen LogP contribution in [-0.2, 0) is 14.4 Å². The molecule has 0 radical (unpaired) electrons. The molecule has 0 fully saturated rings. The van der Waals surface area contributed by atoms with Crippen LogP contribution >= 0.6 is 0 Å². The minimum absolute atomic E-state index is 0.197. The van der Waals surface area contributed by atoms with Crippen molar-refractivity contribution in [3.63, 3.8) is 0 Å². The third kappa shape index (κ3) is 16.9. The van der Waals surface area contributed by atoms with E-state index in [2.05, 4.69) is 12.2 Å². The van der Waals surface area contributed by atoms with Crippen LogP contribution in [-0.4, -0.2) is 17.6 Å². The molecular formula is C20H35NO3. The molecule has 1 N–H and O–H groups in total. The Bertz CT molecular complexity index is 388. The number of amides is 2. The Kier molecular flexibility index (Phi) is 15.4. The molecule has 0 aliphatic heterocycles. The molecule has 2 amide bonds. The van der Waals surface area contributed by atoms with Crippen LogP contribution in [0.2, 0.25) is 0 Å². The first-order valence-corrected chi connectivity index (χ1v) is 9.56. The predicted octanol–water partition coefficient (Wildman–Crippen LogP) is 4.87. The topological polar surface area (TPSA) is 63.2 Å². The first-order valence-electron chi connectivity index (χ1n) is 9.56. The lowest BCUT2D eigenvalue weighted by molar-refractivity contribution is -0.129. The van der Waals surface area contributed by atoms with Crippen LogP contribution in [0.25, 0.3) is 0 Å². The third-order valence-corrected chi connectivity index (χ3v) is 3.92. The second-order valence-corrected chi connectivity index (χ2v) is 6.44. The van der Waals surface area contributed by atoms with Crippen molar-refractivity contribution in [3.05, 3.63) is 12.2 Å². The van der Waals surface area contributed by atoms with Gasteiger partial charge in [0.05, 0.1) is 0 Å². The molecule has 24 heavy (non-hydrogen) atoms. The minimum atomic E-state index is -0.299. The molecule has 0 aliphatic carbocycles. The number of carbonyl (C=O) groups is 3. The molecule has 138 valence electrons. The lowest BCUT2D eigenvalue weighted by Gasteiger charge is -2.01. The molecule has 0 saturated heterocycles. The number of unbranched alkanes of at least 4 members (excludes halogenated alkanes) is 9. The average molecular weight is 338 g/mol. The van der Waals surface area contributed by atoms with Crippen LogP contribution in [0.4, 0.5) is 0 Å². The van der Waals surface area contributed by atoms with Crippen LogP contribution in [0, 0.1) is 0 Å². The standard InChI is InChI=1S/C20H35NO3/c1-3-4-5-6-7-9-12-15-19(23)16-13-10-8-11-14-17-20(24)21-18(2)22/h12,15H,3-11,13-14,16-17H2,1-2H3,(H,21,22,24)/b15-12+. The van der Waals surface area contributed by atoms with E-state index in [0.29, 0.717) is 12.8 Å². The minimum Gasteiger partial charge on any atom is -0.297 e. The second kappa shape index (κ2) is 16.4. The number of carbonyl (C=O) groups excluding carboxylic acids is 3. The van der Waals surface area contributed by atoms with Crippen molar-refractivity contribution < 1.29 is 14.4 Å². The molecule has 0 aromatic rings. The smallest absolute Gasteiger partial charge is 0.226 e. The lowest BCUT2D eigenvalue weighted by atomic mass is 10.1. The Balaban J connectivity index is 3.39. The van der Waals surface area contributed by atoms with Crippen molar-refractivity contribution in [1.29, 1.82) is 0 Å². The van der Waals surface area contributed by atoms with Gasteiger partial charge in [-0.15, -0.1) is 0 Å². The zero-order valence-electron chi connectivity index (χ0n) is 15.6. The maximum absolute atomic E-state index is 11.7.